The summed E-state index contributed by atoms with van der Waals surface area (Å²) in [5.41, 5.74) is 1.32. The van der Waals surface area contributed by atoms with Crippen molar-refractivity contribution < 1.29 is 13.2 Å². The molecule has 1 heterocycles. The van der Waals surface area contributed by atoms with Crippen LogP contribution in [0.3, 0.4) is 0 Å². The third-order valence-electron chi connectivity index (χ3n) is 2.87. The van der Waals surface area contributed by atoms with Crippen LogP contribution in [0, 0.1) is 6.92 Å². The first-order chi connectivity index (χ1) is 8.43. The van der Waals surface area contributed by atoms with Gasteiger partial charge in [-0.2, -0.15) is 18.3 Å². The molecule has 0 fully saturated rings. The van der Waals surface area contributed by atoms with E-state index >= 15 is 0 Å². The molecule has 0 saturated carbocycles. The summed E-state index contributed by atoms with van der Waals surface area (Å²) in [6.07, 6.45) is -3.58. The highest BCUT2D eigenvalue weighted by molar-refractivity contribution is 5.69. The number of alkyl halides is 3. The van der Waals surface area contributed by atoms with Crippen molar-refractivity contribution >= 4 is 0 Å². The Morgan fingerprint density at radius 3 is 2.28 bits per heavy atom. The molecule has 0 radical (unpaired) electrons. The van der Waals surface area contributed by atoms with E-state index < -0.39 is 11.9 Å². The molecule has 2 rings (SSSR count). The summed E-state index contributed by atoms with van der Waals surface area (Å²) < 4.78 is 38.4. The highest BCUT2D eigenvalue weighted by Crippen LogP contribution is 2.37. The van der Waals surface area contributed by atoms with Gasteiger partial charge in [0.05, 0.1) is 0 Å². The number of hydrogen-bond acceptors (Lipinski definition) is 1. The Labute approximate surface area is 103 Å². The van der Waals surface area contributed by atoms with E-state index in [1.54, 1.807) is 19.1 Å². The van der Waals surface area contributed by atoms with Crippen molar-refractivity contribution in [2.75, 3.05) is 0 Å². The highest BCUT2D eigenvalue weighted by Gasteiger charge is 2.37. The Balaban J connectivity index is 2.52. The standard InChI is InChI=1S/C13H13F3N2/c1-3-9-4-6-10(7-5-9)11-8(2)17-18-12(11)13(14,15)16/h4-7H,3H2,1-2H3,(H,17,18). The maximum atomic E-state index is 12.8. The molecular formula is C13H13F3N2. The number of rotatable bonds is 2. The number of aromatic amines is 1. The van der Waals surface area contributed by atoms with Gasteiger partial charge < -0.3 is 0 Å². The van der Waals surface area contributed by atoms with E-state index in [9.17, 15) is 13.2 Å². The first kappa shape index (κ1) is 12.7. The van der Waals surface area contributed by atoms with Gasteiger partial charge in [-0.25, -0.2) is 0 Å². The van der Waals surface area contributed by atoms with Crippen LogP contribution in [-0.4, -0.2) is 10.2 Å². The maximum absolute atomic E-state index is 12.8. The number of aryl methyl sites for hydroxylation is 2. The molecule has 5 heteroatoms. The molecule has 1 N–H and O–H groups in total. The molecule has 0 spiro atoms. The molecule has 0 aliphatic carbocycles. The minimum absolute atomic E-state index is 0.130. The maximum Gasteiger partial charge on any atom is 0.435 e. The topological polar surface area (TPSA) is 28.7 Å². The van der Waals surface area contributed by atoms with Crippen LogP contribution < -0.4 is 0 Å². The summed E-state index contributed by atoms with van der Waals surface area (Å²) in [5, 5.41) is 5.76. The van der Waals surface area contributed by atoms with Crippen molar-refractivity contribution in [2.45, 2.75) is 26.4 Å². The zero-order valence-corrected chi connectivity index (χ0v) is 10.1. The fraction of sp³-hybridized carbons (Fsp3) is 0.308. The summed E-state index contributed by atoms with van der Waals surface area (Å²) in [4.78, 5) is 0. The van der Waals surface area contributed by atoms with Crippen LogP contribution in [0.15, 0.2) is 24.3 Å². The highest BCUT2D eigenvalue weighted by atomic mass is 19.4. The van der Waals surface area contributed by atoms with Gasteiger partial charge >= 0.3 is 6.18 Å². The third-order valence-corrected chi connectivity index (χ3v) is 2.87. The van der Waals surface area contributed by atoms with Crippen LogP contribution in [0.2, 0.25) is 0 Å². The molecule has 18 heavy (non-hydrogen) atoms. The van der Waals surface area contributed by atoms with Crippen LogP contribution in [0.5, 0.6) is 0 Å². The number of nitrogens with zero attached hydrogens (tertiary/aromatic N) is 1. The van der Waals surface area contributed by atoms with E-state index in [0.717, 1.165) is 12.0 Å². The Hall–Kier alpha value is -1.78. The van der Waals surface area contributed by atoms with E-state index in [2.05, 4.69) is 10.2 Å². The van der Waals surface area contributed by atoms with Crippen LogP contribution >= 0.6 is 0 Å². The quantitative estimate of drug-likeness (QED) is 0.863. The van der Waals surface area contributed by atoms with Gasteiger partial charge in [0.15, 0.2) is 5.69 Å². The number of halogens is 3. The Kier molecular flexibility index (Phi) is 3.15. The second kappa shape index (κ2) is 4.48. The summed E-state index contributed by atoms with van der Waals surface area (Å²) in [6.45, 7) is 3.59. The monoisotopic (exact) mass is 254 g/mol. The van der Waals surface area contributed by atoms with Gasteiger partial charge in [-0.05, 0) is 24.5 Å². The van der Waals surface area contributed by atoms with Crippen molar-refractivity contribution in [3.63, 3.8) is 0 Å². The van der Waals surface area contributed by atoms with Gasteiger partial charge in [-0.15, -0.1) is 0 Å². The molecule has 2 nitrogen and oxygen atoms in total. The number of aromatic nitrogens is 2. The summed E-state index contributed by atoms with van der Waals surface area (Å²) in [7, 11) is 0. The van der Waals surface area contributed by atoms with Crippen LogP contribution in [-0.2, 0) is 12.6 Å². The van der Waals surface area contributed by atoms with Crippen LogP contribution in [0.1, 0.15) is 23.9 Å². The first-order valence-electron chi connectivity index (χ1n) is 5.65. The van der Waals surface area contributed by atoms with E-state index in [0.29, 0.717) is 11.3 Å². The summed E-state index contributed by atoms with van der Waals surface area (Å²) >= 11 is 0. The molecule has 0 saturated heterocycles. The van der Waals surface area contributed by atoms with Gasteiger partial charge in [0.2, 0.25) is 0 Å². The number of benzene rings is 1. The molecule has 1 aromatic carbocycles. The van der Waals surface area contributed by atoms with Crippen LogP contribution in [0.4, 0.5) is 13.2 Å². The predicted molar refractivity (Wildman–Crippen MR) is 63.1 cm³/mol. The van der Waals surface area contributed by atoms with Crippen LogP contribution in [0.25, 0.3) is 11.1 Å². The van der Waals surface area contributed by atoms with E-state index in [4.69, 9.17) is 0 Å². The molecule has 2 aromatic rings. The third kappa shape index (κ3) is 2.25. The molecule has 0 atom stereocenters. The average molecular weight is 254 g/mol. The fourth-order valence-electron chi connectivity index (χ4n) is 1.89. The van der Waals surface area contributed by atoms with Gasteiger partial charge in [-0.1, -0.05) is 31.2 Å². The second-order valence-corrected chi connectivity index (χ2v) is 4.12. The SMILES string of the molecule is CCc1ccc(-c2c(C(F)(F)F)n[nH]c2C)cc1. The largest absolute Gasteiger partial charge is 0.435 e. The van der Waals surface area contributed by atoms with Crippen molar-refractivity contribution in [1.29, 1.82) is 0 Å². The molecule has 96 valence electrons. The lowest BCUT2D eigenvalue weighted by atomic mass is 10.0. The smallest absolute Gasteiger partial charge is 0.282 e. The van der Waals surface area contributed by atoms with Gasteiger partial charge in [0, 0.05) is 11.3 Å². The minimum Gasteiger partial charge on any atom is -0.282 e. The zero-order chi connectivity index (χ0) is 13.3. The Morgan fingerprint density at radius 1 is 1.17 bits per heavy atom. The molecule has 0 aliphatic rings. The average Bonchev–Trinajstić information content (AvgIpc) is 2.71. The summed E-state index contributed by atoms with van der Waals surface area (Å²) in [5.74, 6) is 0. The molecule has 1 aromatic heterocycles. The lowest BCUT2D eigenvalue weighted by molar-refractivity contribution is -0.140. The Morgan fingerprint density at radius 2 is 1.78 bits per heavy atom. The number of H-pyrrole nitrogens is 1. The van der Waals surface area contributed by atoms with Crippen molar-refractivity contribution in [1.82, 2.24) is 10.2 Å². The number of hydrogen-bond donors (Lipinski definition) is 1. The fourth-order valence-corrected chi connectivity index (χ4v) is 1.89. The normalized spacial score (nSPS) is 11.8. The van der Waals surface area contributed by atoms with E-state index in [1.165, 1.54) is 0 Å². The first-order valence-corrected chi connectivity index (χ1v) is 5.65. The lowest BCUT2D eigenvalue weighted by Gasteiger charge is -2.08. The second-order valence-electron chi connectivity index (χ2n) is 4.12. The molecular weight excluding hydrogens is 241 g/mol. The minimum atomic E-state index is -4.44. The summed E-state index contributed by atoms with van der Waals surface area (Å²) in [6, 6.07) is 7.07. The van der Waals surface area contributed by atoms with Crippen molar-refractivity contribution in [3.8, 4) is 11.1 Å². The Bertz CT molecular complexity index is 538. The van der Waals surface area contributed by atoms with Crippen molar-refractivity contribution in [2.24, 2.45) is 0 Å². The molecule has 0 aliphatic heterocycles. The van der Waals surface area contributed by atoms with Crippen molar-refractivity contribution in [3.05, 3.63) is 41.2 Å². The number of nitrogens with one attached hydrogen (secondary N) is 1. The van der Waals surface area contributed by atoms with E-state index in [-0.39, 0.29) is 5.56 Å². The molecule has 0 amide bonds. The molecule has 0 unspecified atom stereocenters. The van der Waals surface area contributed by atoms with Gasteiger partial charge in [0.1, 0.15) is 0 Å². The van der Waals surface area contributed by atoms with E-state index in [1.807, 2.05) is 19.1 Å². The predicted octanol–water partition coefficient (Wildman–Crippen LogP) is 3.97. The van der Waals surface area contributed by atoms with Gasteiger partial charge in [0.25, 0.3) is 0 Å². The molecule has 0 bridgehead atoms. The zero-order valence-electron chi connectivity index (χ0n) is 10.1. The lowest BCUT2D eigenvalue weighted by Crippen LogP contribution is -2.07. The van der Waals surface area contributed by atoms with Gasteiger partial charge in [-0.3, -0.25) is 5.10 Å².